The predicted molar refractivity (Wildman–Crippen MR) is 210 cm³/mol. The molecule has 10 rings (SSSR count). The summed E-state index contributed by atoms with van der Waals surface area (Å²) in [5.74, 6) is 1.91. The fourth-order valence-corrected chi connectivity index (χ4v) is 8.95. The Morgan fingerprint density at radius 2 is 1.42 bits per heavy atom. The summed E-state index contributed by atoms with van der Waals surface area (Å²) in [6.45, 7) is 0. The number of thiophene rings is 1. The van der Waals surface area contributed by atoms with Gasteiger partial charge in [-0.05, 0) is 65.1 Å². The average molecular weight is 661 g/mol. The molecule has 2 atom stereocenters. The maximum atomic E-state index is 5.13. The summed E-state index contributed by atoms with van der Waals surface area (Å²) in [7, 11) is 0. The molecular formula is C45H32N4S. The Kier molecular flexibility index (Phi) is 6.84. The van der Waals surface area contributed by atoms with Crippen LogP contribution in [-0.2, 0) is 0 Å². The highest BCUT2D eigenvalue weighted by molar-refractivity contribution is 7.26. The van der Waals surface area contributed by atoms with Crippen LogP contribution in [0.2, 0.25) is 0 Å². The lowest BCUT2D eigenvalue weighted by Gasteiger charge is -2.26. The van der Waals surface area contributed by atoms with Gasteiger partial charge in [0.25, 0.3) is 0 Å². The fraction of sp³-hybridized carbons (Fsp3) is 0.0667. The van der Waals surface area contributed by atoms with Gasteiger partial charge < -0.3 is 10.2 Å². The molecule has 1 N–H and O–H groups in total. The van der Waals surface area contributed by atoms with Gasteiger partial charge in [-0.25, -0.2) is 9.98 Å². The Hall–Kier alpha value is -6.04. The Bertz CT molecular complexity index is 2550. The van der Waals surface area contributed by atoms with Crippen LogP contribution in [0.3, 0.4) is 0 Å². The molecule has 0 radical (unpaired) electrons. The molecule has 0 amide bonds. The topological polar surface area (TPSA) is 40.0 Å². The van der Waals surface area contributed by atoms with Crippen molar-refractivity contribution in [3.8, 4) is 0 Å². The van der Waals surface area contributed by atoms with E-state index in [0.717, 1.165) is 34.8 Å². The summed E-state index contributed by atoms with van der Waals surface area (Å²) in [5.41, 5.74) is 11.1. The lowest BCUT2D eigenvalue weighted by Crippen LogP contribution is -2.33. The lowest BCUT2D eigenvalue weighted by molar-refractivity contribution is 0.674. The van der Waals surface area contributed by atoms with E-state index >= 15 is 0 Å². The highest BCUT2D eigenvalue weighted by Crippen LogP contribution is 2.52. The van der Waals surface area contributed by atoms with E-state index in [-0.39, 0.29) is 6.17 Å². The van der Waals surface area contributed by atoms with Crippen LogP contribution in [0.4, 0.5) is 11.4 Å². The molecule has 4 nitrogen and oxygen atoms in total. The quantitative estimate of drug-likeness (QED) is 0.200. The molecule has 2 unspecified atom stereocenters. The second-order valence-corrected chi connectivity index (χ2v) is 14.1. The molecule has 1 aromatic heterocycles. The number of allylic oxidation sites excluding steroid dienone is 4. The Balaban J connectivity index is 1.04. The molecule has 0 saturated heterocycles. The van der Waals surface area contributed by atoms with Crippen molar-refractivity contribution in [3.63, 3.8) is 0 Å². The van der Waals surface area contributed by atoms with Crippen LogP contribution in [0.1, 0.15) is 46.3 Å². The molecule has 238 valence electrons. The van der Waals surface area contributed by atoms with E-state index < -0.39 is 0 Å². The number of nitrogens with one attached hydrogen (secondary N) is 1. The van der Waals surface area contributed by atoms with E-state index in [2.05, 4.69) is 150 Å². The Morgan fingerprint density at radius 3 is 2.26 bits per heavy atom. The normalized spacial score (nSPS) is 18.1. The van der Waals surface area contributed by atoms with Gasteiger partial charge in [-0.2, -0.15) is 0 Å². The van der Waals surface area contributed by atoms with Crippen molar-refractivity contribution in [1.29, 1.82) is 0 Å². The second kappa shape index (κ2) is 11.8. The highest BCUT2D eigenvalue weighted by Gasteiger charge is 2.36. The standard InChI is InChI=1S/C45H32N4S/c1-4-13-29(14-5-1)43-46-44(30-15-6-2-7-16-30)48-45(47-43)37-21-12-20-36-35-25-23-32(28-41(35)50-42(36)37)31-24-26-40-38(27-31)34-19-10-11-22-39(34)49(40)33-17-8-3-9-18-33/h1-26,28,38,43H,27H2,(H,46,47,48). The van der Waals surface area contributed by atoms with Crippen LogP contribution in [0.5, 0.6) is 0 Å². The third-order valence-corrected chi connectivity index (χ3v) is 11.3. The predicted octanol–water partition coefficient (Wildman–Crippen LogP) is 11.2. The zero-order valence-electron chi connectivity index (χ0n) is 27.2. The number of benzene rings is 6. The molecule has 0 fully saturated rings. The van der Waals surface area contributed by atoms with E-state index in [1.807, 2.05) is 35.6 Å². The first-order chi connectivity index (χ1) is 24.8. The summed E-state index contributed by atoms with van der Waals surface area (Å²) in [4.78, 5) is 12.6. The minimum atomic E-state index is -0.232. The van der Waals surface area contributed by atoms with Crippen molar-refractivity contribution in [2.75, 3.05) is 4.90 Å². The zero-order chi connectivity index (χ0) is 33.0. The van der Waals surface area contributed by atoms with Gasteiger partial charge in [-0.1, -0.05) is 127 Å². The number of amidine groups is 2. The number of nitrogens with zero attached hydrogens (tertiary/aromatic N) is 3. The SMILES string of the molecule is C1=C(c2ccc3c(c2)sc2c(C4=NC(c5ccccc5)=NC(c5ccccc5)N4)cccc23)CC2C(=C1)N(c1ccccc1)c1ccccc12. The third kappa shape index (κ3) is 4.81. The summed E-state index contributed by atoms with van der Waals surface area (Å²) in [6.07, 6.45) is 5.41. The number of hydrogen-bond acceptors (Lipinski definition) is 5. The van der Waals surface area contributed by atoms with Crippen LogP contribution in [0.25, 0.3) is 25.7 Å². The minimum Gasteiger partial charge on any atom is -0.344 e. The number of aliphatic imine (C=N–C) groups is 2. The molecule has 2 aliphatic heterocycles. The molecule has 3 heterocycles. The van der Waals surface area contributed by atoms with Crippen LogP contribution >= 0.6 is 11.3 Å². The number of anilines is 2. The Morgan fingerprint density at radius 1 is 0.660 bits per heavy atom. The van der Waals surface area contributed by atoms with Crippen molar-refractivity contribution in [2.45, 2.75) is 18.5 Å². The summed E-state index contributed by atoms with van der Waals surface area (Å²) in [6, 6.07) is 53.9. The second-order valence-electron chi connectivity index (χ2n) is 13.0. The average Bonchev–Trinajstić information content (AvgIpc) is 3.74. The highest BCUT2D eigenvalue weighted by atomic mass is 32.1. The summed E-state index contributed by atoms with van der Waals surface area (Å²) < 4.78 is 2.52. The molecule has 0 spiro atoms. The minimum absolute atomic E-state index is 0.232. The van der Waals surface area contributed by atoms with Gasteiger partial charge in [-0.15, -0.1) is 11.3 Å². The third-order valence-electron chi connectivity index (χ3n) is 10.1. The maximum absolute atomic E-state index is 5.13. The Labute approximate surface area is 295 Å². The van der Waals surface area contributed by atoms with Crippen LogP contribution in [0, 0.1) is 0 Å². The lowest BCUT2D eigenvalue weighted by atomic mass is 9.85. The summed E-state index contributed by atoms with van der Waals surface area (Å²) >= 11 is 1.85. The molecule has 7 aromatic rings. The molecule has 50 heavy (non-hydrogen) atoms. The van der Waals surface area contributed by atoms with E-state index in [9.17, 15) is 0 Å². The molecule has 6 aromatic carbocycles. The molecule has 0 bridgehead atoms. The number of fused-ring (bicyclic) bond motifs is 6. The molecule has 3 aliphatic rings. The van der Waals surface area contributed by atoms with Crippen molar-refractivity contribution >= 4 is 60.1 Å². The van der Waals surface area contributed by atoms with Gasteiger partial charge >= 0.3 is 0 Å². The monoisotopic (exact) mass is 660 g/mol. The van der Waals surface area contributed by atoms with Crippen LogP contribution in [-0.4, -0.2) is 11.7 Å². The molecule has 0 saturated carbocycles. The maximum Gasteiger partial charge on any atom is 0.159 e. The number of para-hydroxylation sites is 2. The first-order valence-corrected chi connectivity index (χ1v) is 17.9. The molecule has 5 heteroatoms. The van der Waals surface area contributed by atoms with Gasteiger partial charge in [0.05, 0.1) is 0 Å². The van der Waals surface area contributed by atoms with Crippen LogP contribution in [0.15, 0.2) is 179 Å². The van der Waals surface area contributed by atoms with Crippen molar-refractivity contribution in [1.82, 2.24) is 5.32 Å². The summed E-state index contributed by atoms with van der Waals surface area (Å²) in [5, 5.41) is 6.21. The molecule has 1 aliphatic carbocycles. The van der Waals surface area contributed by atoms with E-state index in [1.165, 1.54) is 53.9 Å². The van der Waals surface area contributed by atoms with E-state index in [4.69, 9.17) is 9.98 Å². The van der Waals surface area contributed by atoms with E-state index in [0.29, 0.717) is 5.92 Å². The fourth-order valence-electron chi connectivity index (χ4n) is 7.69. The first-order valence-electron chi connectivity index (χ1n) is 17.1. The van der Waals surface area contributed by atoms with E-state index in [1.54, 1.807) is 0 Å². The number of rotatable bonds is 5. The number of hydrogen-bond donors (Lipinski definition) is 1. The largest absolute Gasteiger partial charge is 0.344 e. The van der Waals surface area contributed by atoms with Crippen LogP contribution < -0.4 is 10.2 Å². The first kappa shape index (κ1) is 28.9. The van der Waals surface area contributed by atoms with Gasteiger partial charge in [0.1, 0.15) is 12.0 Å². The zero-order valence-corrected chi connectivity index (χ0v) is 28.0. The van der Waals surface area contributed by atoms with Gasteiger partial charge in [0.15, 0.2) is 5.84 Å². The smallest absolute Gasteiger partial charge is 0.159 e. The van der Waals surface area contributed by atoms with Crippen molar-refractivity contribution in [2.24, 2.45) is 9.98 Å². The van der Waals surface area contributed by atoms with Gasteiger partial charge in [0, 0.05) is 54.3 Å². The van der Waals surface area contributed by atoms with Crippen molar-refractivity contribution < 1.29 is 0 Å². The molecular weight excluding hydrogens is 629 g/mol. The van der Waals surface area contributed by atoms with Gasteiger partial charge in [0.2, 0.25) is 0 Å². The van der Waals surface area contributed by atoms with Crippen molar-refractivity contribution in [3.05, 3.63) is 197 Å². The van der Waals surface area contributed by atoms with Gasteiger partial charge in [-0.3, -0.25) is 0 Å².